The lowest BCUT2D eigenvalue weighted by Crippen LogP contribution is -2.14. The van der Waals surface area contributed by atoms with Crippen molar-refractivity contribution in [2.75, 3.05) is 5.32 Å². The smallest absolute Gasteiger partial charge is 0.294 e. The molecule has 0 saturated heterocycles. The number of halogens is 1. The van der Waals surface area contributed by atoms with Crippen LogP contribution in [0.2, 0.25) is 5.02 Å². The van der Waals surface area contributed by atoms with E-state index in [9.17, 15) is 4.79 Å². The molecule has 0 atom stereocenters. The van der Waals surface area contributed by atoms with Crippen LogP contribution in [-0.4, -0.2) is 26.1 Å². The normalized spacial score (nSPS) is 9.93. The van der Waals surface area contributed by atoms with Gasteiger partial charge in [-0.05, 0) is 12.1 Å². The highest BCUT2D eigenvalue weighted by atomic mass is 35.5. The van der Waals surface area contributed by atoms with Crippen LogP contribution in [0, 0.1) is 0 Å². The average Bonchev–Trinajstić information content (AvgIpc) is 2.70. The Morgan fingerprint density at radius 2 is 2.33 bits per heavy atom. The van der Waals surface area contributed by atoms with Gasteiger partial charge in [-0.1, -0.05) is 11.6 Å². The molecule has 2 rings (SSSR count). The predicted octanol–water partition coefficient (Wildman–Crippen LogP) is 1.11. The Morgan fingerprint density at radius 1 is 1.47 bits per heavy atom. The average molecular weight is 224 g/mol. The summed E-state index contributed by atoms with van der Waals surface area (Å²) in [4.78, 5) is 19.1. The molecule has 0 radical (unpaired) electrons. The van der Waals surface area contributed by atoms with Gasteiger partial charge in [0.1, 0.15) is 12.1 Å². The van der Waals surface area contributed by atoms with Crippen LogP contribution >= 0.6 is 11.6 Å². The molecule has 0 spiro atoms. The molecular weight excluding hydrogens is 218 g/mol. The first-order valence-corrected chi connectivity index (χ1v) is 4.42. The lowest BCUT2D eigenvalue weighted by molar-refractivity contribution is 0.101. The number of anilines is 1. The van der Waals surface area contributed by atoms with E-state index < -0.39 is 5.91 Å². The number of rotatable bonds is 2. The van der Waals surface area contributed by atoms with Gasteiger partial charge in [0, 0.05) is 11.2 Å². The summed E-state index contributed by atoms with van der Waals surface area (Å²) in [6.45, 7) is 0. The van der Waals surface area contributed by atoms with E-state index >= 15 is 0 Å². The number of H-pyrrole nitrogens is 1. The van der Waals surface area contributed by atoms with Gasteiger partial charge in [0.15, 0.2) is 0 Å². The van der Waals surface area contributed by atoms with Gasteiger partial charge in [0.2, 0.25) is 5.82 Å². The molecule has 76 valence electrons. The largest absolute Gasteiger partial charge is 0.304 e. The Morgan fingerprint density at radius 3 is 3.00 bits per heavy atom. The molecule has 6 nitrogen and oxygen atoms in total. The van der Waals surface area contributed by atoms with Crippen molar-refractivity contribution in [3.63, 3.8) is 0 Å². The summed E-state index contributed by atoms with van der Waals surface area (Å²) in [6, 6.07) is 3.15. The molecule has 0 aliphatic rings. The van der Waals surface area contributed by atoms with Crippen LogP contribution in [0.25, 0.3) is 0 Å². The van der Waals surface area contributed by atoms with E-state index in [0.29, 0.717) is 10.8 Å². The second-order valence-corrected chi connectivity index (χ2v) is 3.08. The van der Waals surface area contributed by atoms with E-state index in [1.165, 1.54) is 18.6 Å². The Bertz CT molecular complexity index is 470. The highest BCUT2D eigenvalue weighted by Crippen LogP contribution is 2.11. The maximum atomic E-state index is 11.5. The minimum Gasteiger partial charge on any atom is -0.304 e. The molecule has 2 aromatic heterocycles. The van der Waals surface area contributed by atoms with Gasteiger partial charge >= 0.3 is 0 Å². The monoisotopic (exact) mass is 223 g/mol. The van der Waals surface area contributed by atoms with E-state index in [4.69, 9.17) is 11.6 Å². The molecule has 15 heavy (non-hydrogen) atoms. The molecule has 0 bridgehead atoms. The van der Waals surface area contributed by atoms with Gasteiger partial charge in [-0.15, -0.1) is 0 Å². The summed E-state index contributed by atoms with van der Waals surface area (Å²) >= 11 is 5.73. The molecule has 2 heterocycles. The van der Waals surface area contributed by atoms with Gasteiger partial charge < -0.3 is 5.32 Å². The third-order valence-corrected chi connectivity index (χ3v) is 1.83. The lowest BCUT2D eigenvalue weighted by atomic mass is 10.4. The van der Waals surface area contributed by atoms with Crippen molar-refractivity contribution in [3.05, 3.63) is 35.5 Å². The van der Waals surface area contributed by atoms with E-state index in [1.54, 1.807) is 6.07 Å². The summed E-state index contributed by atoms with van der Waals surface area (Å²) in [6.07, 6.45) is 2.75. The molecule has 0 saturated carbocycles. The minimum absolute atomic E-state index is 0.122. The number of nitrogens with zero attached hydrogens (tertiary/aromatic N) is 3. The summed E-state index contributed by atoms with van der Waals surface area (Å²) in [5.74, 6) is 0.0722. The maximum absolute atomic E-state index is 11.5. The van der Waals surface area contributed by atoms with Crippen LogP contribution < -0.4 is 5.32 Å². The highest BCUT2D eigenvalue weighted by molar-refractivity contribution is 6.30. The van der Waals surface area contributed by atoms with Crippen molar-refractivity contribution in [2.45, 2.75) is 0 Å². The summed E-state index contributed by atoms with van der Waals surface area (Å²) < 4.78 is 0. The van der Waals surface area contributed by atoms with Crippen LogP contribution in [0.4, 0.5) is 5.82 Å². The number of carbonyl (C=O) groups excluding carboxylic acids is 1. The molecular formula is C8H6ClN5O. The van der Waals surface area contributed by atoms with Gasteiger partial charge in [-0.2, -0.15) is 5.10 Å². The Kier molecular flexibility index (Phi) is 2.59. The fraction of sp³-hybridized carbons (Fsp3) is 0. The van der Waals surface area contributed by atoms with Crippen molar-refractivity contribution in [1.29, 1.82) is 0 Å². The van der Waals surface area contributed by atoms with E-state index in [-0.39, 0.29) is 5.82 Å². The number of pyridine rings is 1. The van der Waals surface area contributed by atoms with E-state index in [1.807, 2.05) is 0 Å². The van der Waals surface area contributed by atoms with Crippen LogP contribution in [0.15, 0.2) is 24.7 Å². The van der Waals surface area contributed by atoms with Crippen molar-refractivity contribution in [1.82, 2.24) is 20.2 Å². The van der Waals surface area contributed by atoms with Crippen molar-refractivity contribution >= 4 is 23.3 Å². The molecule has 7 heteroatoms. The molecule has 0 fully saturated rings. The first-order chi connectivity index (χ1) is 7.25. The van der Waals surface area contributed by atoms with Gasteiger partial charge in [0.05, 0.1) is 0 Å². The highest BCUT2D eigenvalue weighted by Gasteiger charge is 2.09. The van der Waals surface area contributed by atoms with Gasteiger partial charge in [0.25, 0.3) is 5.91 Å². The molecule has 0 aliphatic heterocycles. The number of nitrogens with one attached hydrogen (secondary N) is 2. The fourth-order valence-electron chi connectivity index (χ4n) is 0.964. The number of carbonyl (C=O) groups is 1. The standard InChI is InChI=1S/C8H6ClN5O/c9-5-1-2-10-6(3-5)13-8(15)7-11-4-12-14-7/h1-4H,(H,10,13,15)(H,11,12,14). The zero-order valence-electron chi connectivity index (χ0n) is 7.44. The lowest BCUT2D eigenvalue weighted by Gasteiger charge is -2.01. The summed E-state index contributed by atoms with van der Waals surface area (Å²) in [5, 5.41) is 9.01. The zero-order chi connectivity index (χ0) is 10.7. The number of aromatic nitrogens is 4. The number of amides is 1. The number of hydrogen-bond acceptors (Lipinski definition) is 4. The first-order valence-electron chi connectivity index (χ1n) is 4.04. The Labute approximate surface area is 89.7 Å². The number of hydrogen-bond donors (Lipinski definition) is 2. The fourth-order valence-corrected chi connectivity index (χ4v) is 1.12. The molecule has 1 amide bonds. The van der Waals surface area contributed by atoms with Crippen LogP contribution in [0.3, 0.4) is 0 Å². The van der Waals surface area contributed by atoms with Crippen molar-refractivity contribution < 1.29 is 4.79 Å². The summed E-state index contributed by atoms with van der Waals surface area (Å²) in [5.41, 5.74) is 0. The van der Waals surface area contributed by atoms with Crippen molar-refractivity contribution in [3.8, 4) is 0 Å². The minimum atomic E-state index is -0.415. The van der Waals surface area contributed by atoms with Gasteiger partial charge in [-0.25, -0.2) is 9.97 Å². The van der Waals surface area contributed by atoms with Crippen LogP contribution in [0.1, 0.15) is 10.6 Å². The maximum Gasteiger partial charge on any atom is 0.294 e. The molecule has 2 N–H and O–H groups in total. The molecule has 0 aromatic carbocycles. The molecule has 0 aliphatic carbocycles. The quantitative estimate of drug-likeness (QED) is 0.799. The predicted molar refractivity (Wildman–Crippen MR) is 53.6 cm³/mol. The van der Waals surface area contributed by atoms with E-state index in [2.05, 4.69) is 25.5 Å². The third kappa shape index (κ3) is 2.29. The SMILES string of the molecule is O=C(Nc1cc(Cl)ccn1)c1ncn[nH]1. The second-order valence-electron chi connectivity index (χ2n) is 2.65. The zero-order valence-corrected chi connectivity index (χ0v) is 8.19. The number of aromatic amines is 1. The Hall–Kier alpha value is -1.95. The molecule has 0 unspecified atom stereocenters. The van der Waals surface area contributed by atoms with Gasteiger partial charge in [-0.3, -0.25) is 9.89 Å². The van der Waals surface area contributed by atoms with Crippen molar-refractivity contribution in [2.24, 2.45) is 0 Å². The van der Waals surface area contributed by atoms with Crippen LogP contribution in [0.5, 0.6) is 0 Å². The summed E-state index contributed by atoms with van der Waals surface area (Å²) in [7, 11) is 0. The second kappa shape index (κ2) is 4.05. The van der Waals surface area contributed by atoms with E-state index in [0.717, 1.165) is 0 Å². The third-order valence-electron chi connectivity index (χ3n) is 1.59. The molecule has 2 aromatic rings. The topological polar surface area (TPSA) is 83.6 Å². The van der Waals surface area contributed by atoms with Crippen LogP contribution in [-0.2, 0) is 0 Å². The first kappa shape index (κ1) is 9.60. The Balaban J connectivity index is 2.13.